The van der Waals surface area contributed by atoms with Crippen LogP contribution in [-0.2, 0) is 11.2 Å². The quantitative estimate of drug-likeness (QED) is 0.830. The molecule has 0 radical (unpaired) electrons. The maximum atomic E-state index is 12.7. The number of aryl methyl sites for hydroxylation is 1. The molecule has 4 rings (SSSR count). The number of hydrogen-bond donors (Lipinski definition) is 1. The summed E-state index contributed by atoms with van der Waals surface area (Å²) >= 11 is 1.42. The molecule has 0 atom stereocenters. The number of likely N-dealkylation sites (tertiary alicyclic amines) is 1. The van der Waals surface area contributed by atoms with Gasteiger partial charge in [0.25, 0.3) is 5.56 Å². The van der Waals surface area contributed by atoms with Crippen LogP contribution in [0.1, 0.15) is 64.0 Å². The minimum Gasteiger partial charge on any atom is -0.357 e. The van der Waals surface area contributed by atoms with Crippen molar-refractivity contribution in [3.8, 4) is 0 Å². The summed E-state index contributed by atoms with van der Waals surface area (Å²) in [6, 6.07) is 1.86. The number of piperidine rings is 1. The zero-order chi connectivity index (χ0) is 19.5. The van der Waals surface area contributed by atoms with Crippen LogP contribution >= 0.6 is 11.3 Å². The summed E-state index contributed by atoms with van der Waals surface area (Å²) in [5.74, 6) is 0.607. The Hall–Kier alpha value is -1.96. The van der Waals surface area contributed by atoms with Gasteiger partial charge in [0, 0.05) is 36.8 Å². The van der Waals surface area contributed by atoms with E-state index < -0.39 is 0 Å². The van der Waals surface area contributed by atoms with E-state index >= 15 is 0 Å². The maximum Gasteiger partial charge on any atom is 0.275 e. The Morgan fingerprint density at radius 1 is 1.21 bits per heavy atom. The summed E-state index contributed by atoms with van der Waals surface area (Å²) in [6.45, 7) is 3.68. The van der Waals surface area contributed by atoms with Gasteiger partial charge in [0.1, 0.15) is 0 Å². The van der Waals surface area contributed by atoms with Crippen molar-refractivity contribution in [3.63, 3.8) is 0 Å². The van der Waals surface area contributed by atoms with Crippen LogP contribution in [-0.4, -0.2) is 44.5 Å². The molecule has 8 heteroatoms. The van der Waals surface area contributed by atoms with Crippen LogP contribution in [0.25, 0.3) is 4.96 Å². The van der Waals surface area contributed by atoms with Crippen molar-refractivity contribution in [2.24, 2.45) is 5.92 Å². The molecule has 2 aromatic rings. The van der Waals surface area contributed by atoms with E-state index in [1.807, 2.05) is 0 Å². The van der Waals surface area contributed by atoms with E-state index in [4.69, 9.17) is 0 Å². The van der Waals surface area contributed by atoms with Gasteiger partial charge in [-0.05, 0) is 32.1 Å². The molecule has 1 saturated heterocycles. The highest BCUT2D eigenvalue weighted by molar-refractivity contribution is 7.20. The summed E-state index contributed by atoms with van der Waals surface area (Å²) in [4.78, 5) is 32.2. The van der Waals surface area contributed by atoms with Crippen LogP contribution in [0.5, 0.6) is 0 Å². The Morgan fingerprint density at radius 3 is 2.68 bits per heavy atom. The summed E-state index contributed by atoms with van der Waals surface area (Å²) in [7, 11) is 0. The molecule has 1 N–H and O–H groups in total. The standard InChI is InChI=1S/C20H29N5O2S/c1-2-6-16-13-17(26)25-20(22-16)28-19(23-25)21-15-9-11-24(12-10-15)18(27)14-7-4-3-5-8-14/h13-15H,2-12H2,1H3,(H,21,23). The molecule has 2 aromatic heterocycles. The molecule has 3 heterocycles. The average Bonchev–Trinajstić information content (AvgIpc) is 3.12. The van der Waals surface area contributed by atoms with E-state index in [1.54, 1.807) is 6.07 Å². The first-order chi connectivity index (χ1) is 13.6. The summed E-state index contributed by atoms with van der Waals surface area (Å²) in [5, 5.41) is 8.59. The van der Waals surface area contributed by atoms with Gasteiger partial charge in [0.2, 0.25) is 16.0 Å². The van der Waals surface area contributed by atoms with E-state index in [-0.39, 0.29) is 17.5 Å². The van der Waals surface area contributed by atoms with Gasteiger partial charge in [-0.3, -0.25) is 9.59 Å². The summed E-state index contributed by atoms with van der Waals surface area (Å²) in [5.41, 5.74) is 0.711. The molecular formula is C20H29N5O2S. The van der Waals surface area contributed by atoms with Crippen molar-refractivity contribution in [1.82, 2.24) is 19.5 Å². The predicted octanol–water partition coefficient (Wildman–Crippen LogP) is 3.09. The van der Waals surface area contributed by atoms with Crippen LogP contribution in [0.3, 0.4) is 0 Å². The van der Waals surface area contributed by atoms with Gasteiger partial charge < -0.3 is 10.2 Å². The second-order valence-electron chi connectivity index (χ2n) is 8.02. The summed E-state index contributed by atoms with van der Waals surface area (Å²) < 4.78 is 1.38. The lowest BCUT2D eigenvalue weighted by atomic mass is 9.87. The lowest BCUT2D eigenvalue weighted by Crippen LogP contribution is -2.45. The monoisotopic (exact) mass is 403 g/mol. The number of fused-ring (bicyclic) bond motifs is 1. The fourth-order valence-electron chi connectivity index (χ4n) is 4.33. The van der Waals surface area contributed by atoms with Crippen molar-refractivity contribution in [2.75, 3.05) is 18.4 Å². The number of carbonyl (C=O) groups is 1. The van der Waals surface area contributed by atoms with E-state index in [0.29, 0.717) is 10.9 Å². The van der Waals surface area contributed by atoms with E-state index in [9.17, 15) is 9.59 Å². The first-order valence-corrected chi connectivity index (χ1v) is 11.4. The molecule has 0 aromatic carbocycles. The number of aromatic nitrogens is 3. The van der Waals surface area contributed by atoms with Gasteiger partial charge in [0.15, 0.2) is 0 Å². The summed E-state index contributed by atoms with van der Waals surface area (Å²) in [6.07, 6.45) is 9.38. The zero-order valence-corrected chi connectivity index (χ0v) is 17.3. The normalized spacial score (nSPS) is 19.2. The Morgan fingerprint density at radius 2 is 1.96 bits per heavy atom. The fourth-order valence-corrected chi connectivity index (χ4v) is 5.23. The van der Waals surface area contributed by atoms with E-state index in [1.165, 1.54) is 35.1 Å². The van der Waals surface area contributed by atoms with Gasteiger partial charge in [0.05, 0.1) is 0 Å². The molecule has 7 nitrogen and oxygen atoms in total. The van der Waals surface area contributed by atoms with Crippen molar-refractivity contribution >= 4 is 27.3 Å². The second-order valence-corrected chi connectivity index (χ2v) is 8.97. The predicted molar refractivity (Wildman–Crippen MR) is 111 cm³/mol. The van der Waals surface area contributed by atoms with Crippen LogP contribution < -0.4 is 10.9 Å². The third kappa shape index (κ3) is 4.21. The topological polar surface area (TPSA) is 79.6 Å². The van der Waals surface area contributed by atoms with E-state index in [0.717, 1.165) is 62.4 Å². The lowest BCUT2D eigenvalue weighted by Gasteiger charge is -2.35. The third-order valence-electron chi connectivity index (χ3n) is 5.89. The molecular weight excluding hydrogens is 374 g/mol. The molecule has 1 amide bonds. The number of carbonyl (C=O) groups excluding carboxylic acids is 1. The minimum absolute atomic E-state index is 0.120. The number of rotatable bonds is 5. The highest BCUT2D eigenvalue weighted by atomic mass is 32.1. The molecule has 1 aliphatic carbocycles. The van der Waals surface area contributed by atoms with Gasteiger partial charge >= 0.3 is 0 Å². The molecule has 2 fully saturated rings. The van der Waals surface area contributed by atoms with Crippen LogP contribution in [0.4, 0.5) is 5.13 Å². The van der Waals surface area contributed by atoms with Crippen LogP contribution in [0.2, 0.25) is 0 Å². The fraction of sp³-hybridized carbons (Fsp3) is 0.700. The number of nitrogens with one attached hydrogen (secondary N) is 1. The Labute approximate surface area is 169 Å². The molecule has 2 aliphatic rings. The average molecular weight is 404 g/mol. The maximum absolute atomic E-state index is 12.7. The van der Waals surface area contributed by atoms with Crippen molar-refractivity contribution < 1.29 is 4.79 Å². The Balaban J connectivity index is 1.36. The Kier molecular flexibility index (Phi) is 5.94. The largest absolute Gasteiger partial charge is 0.357 e. The first-order valence-electron chi connectivity index (χ1n) is 10.6. The highest BCUT2D eigenvalue weighted by Gasteiger charge is 2.29. The number of nitrogens with zero attached hydrogens (tertiary/aromatic N) is 4. The molecule has 0 unspecified atom stereocenters. The second kappa shape index (κ2) is 8.59. The van der Waals surface area contributed by atoms with Gasteiger partial charge in [-0.1, -0.05) is 43.9 Å². The van der Waals surface area contributed by atoms with Crippen molar-refractivity contribution in [3.05, 3.63) is 22.1 Å². The Bertz CT molecular complexity index is 878. The highest BCUT2D eigenvalue weighted by Crippen LogP contribution is 2.27. The number of anilines is 1. The van der Waals surface area contributed by atoms with Crippen molar-refractivity contribution in [2.45, 2.75) is 70.8 Å². The smallest absolute Gasteiger partial charge is 0.275 e. The third-order valence-corrected chi connectivity index (χ3v) is 6.73. The minimum atomic E-state index is -0.120. The van der Waals surface area contributed by atoms with Crippen LogP contribution in [0, 0.1) is 5.92 Å². The SMILES string of the molecule is CCCc1cc(=O)n2nc(NC3CCN(C(=O)C4CCCCC4)CC3)sc2n1. The number of hydrogen-bond acceptors (Lipinski definition) is 6. The van der Waals surface area contributed by atoms with Gasteiger partial charge in [-0.25, -0.2) is 4.98 Å². The van der Waals surface area contributed by atoms with Crippen molar-refractivity contribution in [1.29, 1.82) is 0 Å². The number of amides is 1. The van der Waals surface area contributed by atoms with Gasteiger partial charge in [-0.2, -0.15) is 4.52 Å². The molecule has 0 bridgehead atoms. The molecule has 1 aliphatic heterocycles. The van der Waals surface area contributed by atoms with E-state index in [2.05, 4.69) is 27.2 Å². The molecule has 0 spiro atoms. The van der Waals surface area contributed by atoms with Gasteiger partial charge in [-0.15, -0.1) is 5.10 Å². The molecule has 152 valence electrons. The molecule has 28 heavy (non-hydrogen) atoms. The van der Waals surface area contributed by atoms with Crippen LogP contribution in [0.15, 0.2) is 10.9 Å². The zero-order valence-electron chi connectivity index (χ0n) is 16.5. The lowest BCUT2D eigenvalue weighted by molar-refractivity contribution is -0.137. The first kappa shape index (κ1) is 19.4. The molecule has 1 saturated carbocycles.